The van der Waals surface area contributed by atoms with E-state index < -0.39 is 52.3 Å². The summed E-state index contributed by atoms with van der Waals surface area (Å²) < 4.78 is 54.3. The van der Waals surface area contributed by atoms with Gasteiger partial charge in [0, 0.05) is 0 Å². The zero-order valence-electron chi connectivity index (χ0n) is 11.7. The third kappa shape index (κ3) is 2.03. The van der Waals surface area contributed by atoms with Gasteiger partial charge in [0.05, 0.1) is 17.2 Å². The SMILES string of the molecule is C[C@@H](c1ccccc1)N1C(=O)c2c(F)c(F)c(F)c(F)c2C1=O. The largest absolute Gasteiger partial charge is 0.268 e. The van der Waals surface area contributed by atoms with Crippen LogP contribution in [0, 0.1) is 23.3 Å². The van der Waals surface area contributed by atoms with Crippen LogP contribution in [0.15, 0.2) is 30.3 Å². The summed E-state index contributed by atoms with van der Waals surface area (Å²) in [6.07, 6.45) is 0. The average molecular weight is 323 g/mol. The standard InChI is InChI=1S/C16H9F4NO2/c1-7(8-5-3-2-4-6-8)21-15(22)9-10(16(21)23)12(18)14(20)13(19)11(9)17/h2-7H,1H3/t7-/m0/s1. The van der Waals surface area contributed by atoms with Crippen molar-refractivity contribution in [3.05, 3.63) is 70.3 Å². The molecule has 2 amide bonds. The molecule has 23 heavy (non-hydrogen) atoms. The Labute approximate surface area is 128 Å². The molecule has 0 bridgehead atoms. The molecule has 0 fully saturated rings. The van der Waals surface area contributed by atoms with Crippen LogP contribution in [-0.4, -0.2) is 16.7 Å². The van der Waals surface area contributed by atoms with Crippen molar-refractivity contribution in [2.45, 2.75) is 13.0 Å². The Morgan fingerprint density at radius 1 is 0.783 bits per heavy atom. The molecule has 0 unspecified atom stereocenters. The highest BCUT2D eigenvalue weighted by atomic mass is 19.2. The molecule has 0 saturated heterocycles. The van der Waals surface area contributed by atoms with Gasteiger partial charge in [-0.1, -0.05) is 30.3 Å². The van der Waals surface area contributed by atoms with Crippen LogP contribution in [0.25, 0.3) is 0 Å². The third-order valence-corrected chi connectivity index (χ3v) is 3.80. The zero-order chi connectivity index (χ0) is 16.9. The summed E-state index contributed by atoms with van der Waals surface area (Å²) in [7, 11) is 0. The van der Waals surface area contributed by atoms with Crippen LogP contribution in [-0.2, 0) is 0 Å². The molecule has 118 valence electrons. The molecule has 0 N–H and O–H groups in total. The van der Waals surface area contributed by atoms with E-state index in [0.717, 1.165) is 0 Å². The fraction of sp³-hybridized carbons (Fsp3) is 0.125. The van der Waals surface area contributed by atoms with Gasteiger partial charge in [-0.05, 0) is 12.5 Å². The lowest BCUT2D eigenvalue weighted by atomic mass is 10.1. The number of amides is 2. The number of imide groups is 1. The van der Waals surface area contributed by atoms with Gasteiger partial charge >= 0.3 is 0 Å². The van der Waals surface area contributed by atoms with Gasteiger partial charge in [0.2, 0.25) is 0 Å². The van der Waals surface area contributed by atoms with Crippen LogP contribution >= 0.6 is 0 Å². The van der Waals surface area contributed by atoms with Crippen LogP contribution in [0.3, 0.4) is 0 Å². The molecule has 1 heterocycles. The molecule has 3 nitrogen and oxygen atoms in total. The maximum absolute atomic E-state index is 13.8. The topological polar surface area (TPSA) is 37.4 Å². The summed E-state index contributed by atoms with van der Waals surface area (Å²) >= 11 is 0. The summed E-state index contributed by atoms with van der Waals surface area (Å²) in [6.45, 7) is 1.47. The molecule has 1 aliphatic heterocycles. The van der Waals surface area contributed by atoms with Gasteiger partial charge in [0.25, 0.3) is 11.8 Å². The van der Waals surface area contributed by atoms with Gasteiger partial charge in [0.1, 0.15) is 0 Å². The minimum absolute atomic E-state index is 0.531. The fourth-order valence-corrected chi connectivity index (χ4v) is 2.60. The van der Waals surface area contributed by atoms with Crippen LogP contribution in [0.1, 0.15) is 39.2 Å². The minimum atomic E-state index is -2.11. The highest BCUT2D eigenvalue weighted by Crippen LogP contribution is 2.35. The second-order valence-corrected chi connectivity index (χ2v) is 5.07. The van der Waals surface area contributed by atoms with Gasteiger partial charge in [-0.2, -0.15) is 0 Å². The molecule has 0 radical (unpaired) electrons. The molecule has 3 rings (SSSR count). The van der Waals surface area contributed by atoms with Gasteiger partial charge in [-0.3, -0.25) is 14.5 Å². The highest BCUT2D eigenvalue weighted by molar-refractivity contribution is 6.21. The first-order valence-electron chi connectivity index (χ1n) is 6.65. The maximum Gasteiger partial charge on any atom is 0.265 e. The molecular formula is C16H9F4NO2. The predicted molar refractivity (Wildman–Crippen MR) is 71.6 cm³/mol. The van der Waals surface area contributed by atoms with Crippen LogP contribution in [0.2, 0.25) is 0 Å². The number of halogens is 4. The molecule has 2 aromatic carbocycles. The van der Waals surface area contributed by atoms with Crippen LogP contribution < -0.4 is 0 Å². The average Bonchev–Trinajstić information content (AvgIpc) is 2.82. The lowest BCUT2D eigenvalue weighted by Crippen LogP contribution is -2.32. The number of carbonyl (C=O) groups excluding carboxylic acids is 2. The van der Waals surface area contributed by atoms with Crippen molar-refractivity contribution in [3.8, 4) is 0 Å². The molecule has 2 aromatic rings. The normalized spacial score (nSPS) is 15.1. The Morgan fingerprint density at radius 3 is 1.65 bits per heavy atom. The van der Waals surface area contributed by atoms with Gasteiger partial charge in [-0.15, -0.1) is 0 Å². The number of carbonyl (C=O) groups is 2. The van der Waals surface area contributed by atoms with E-state index in [1.807, 2.05) is 0 Å². The van der Waals surface area contributed by atoms with Gasteiger partial charge in [0.15, 0.2) is 23.3 Å². The number of nitrogens with zero attached hydrogens (tertiary/aromatic N) is 1. The van der Waals surface area contributed by atoms with Gasteiger partial charge < -0.3 is 0 Å². The number of fused-ring (bicyclic) bond motifs is 1. The number of rotatable bonds is 2. The van der Waals surface area contributed by atoms with Crippen molar-refractivity contribution in [3.63, 3.8) is 0 Å². The van der Waals surface area contributed by atoms with Crippen molar-refractivity contribution in [2.75, 3.05) is 0 Å². The molecule has 1 aliphatic rings. The summed E-state index contributed by atoms with van der Waals surface area (Å²) in [4.78, 5) is 25.1. The Hall–Kier alpha value is -2.70. The van der Waals surface area contributed by atoms with E-state index in [9.17, 15) is 27.2 Å². The van der Waals surface area contributed by atoms with Crippen LogP contribution in [0.5, 0.6) is 0 Å². The summed E-state index contributed by atoms with van der Waals surface area (Å²) in [6, 6.07) is 7.40. The Morgan fingerprint density at radius 2 is 1.22 bits per heavy atom. The van der Waals surface area contributed by atoms with Crippen molar-refractivity contribution in [2.24, 2.45) is 0 Å². The molecule has 7 heteroatoms. The monoisotopic (exact) mass is 323 g/mol. The van der Waals surface area contributed by atoms with Crippen LogP contribution in [0.4, 0.5) is 17.6 Å². The lowest BCUT2D eigenvalue weighted by molar-refractivity contribution is 0.0592. The molecule has 0 saturated carbocycles. The summed E-state index contributed by atoms with van der Waals surface area (Å²) in [5.74, 6) is -10.3. The smallest absolute Gasteiger partial charge is 0.265 e. The van der Waals surface area contributed by atoms with Crippen molar-refractivity contribution < 1.29 is 27.2 Å². The number of benzene rings is 2. The van der Waals surface area contributed by atoms with E-state index >= 15 is 0 Å². The predicted octanol–water partition coefficient (Wildman–Crippen LogP) is 3.60. The summed E-state index contributed by atoms with van der Waals surface area (Å²) in [5.41, 5.74) is -1.62. The minimum Gasteiger partial charge on any atom is -0.268 e. The van der Waals surface area contributed by atoms with E-state index in [0.29, 0.717) is 10.5 Å². The first kappa shape index (κ1) is 15.2. The molecule has 0 spiro atoms. The number of hydrogen-bond donors (Lipinski definition) is 0. The second-order valence-electron chi connectivity index (χ2n) is 5.07. The molecule has 0 aliphatic carbocycles. The Balaban J connectivity index is 2.15. The fourth-order valence-electron chi connectivity index (χ4n) is 2.60. The molecule has 0 aromatic heterocycles. The Bertz CT molecular complexity index is 789. The number of hydrogen-bond acceptors (Lipinski definition) is 2. The molecular weight excluding hydrogens is 314 g/mol. The van der Waals surface area contributed by atoms with E-state index in [1.165, 1.54) is 6.92 Å². The second kappa shape index (κ2) is 5.19. The maximum atomic E-state index is 13.8. The quantitative estimate of drug-likeness (QED) is 0.366. The van der Waals surface area contributed by atoms with E-state index in [-0.39, 0.29) is 0 Å². The van der Waals surface area contributed by atoms with Crippen molar-refractivity contribution in [1.29, 1.82) is 0 Å². The van der Waals surface area contributed by atoms with E-state index in [1.54, 1.807) is 30.3 Å². The van der Waals surface area contributed by atoms with Crippen molar-refractivity contribution >= 4 is 11.8 Å². The summed E-state index contributed by atoms with van der Waals surface area (Å²) in [5, 5.41) is 0. The highest BCUT2D eigenvalue weighted by Gasteiger charge is 2.45. The van der Waals surface area contributed by atoms with Gasteiger partial charge in [-0.25, -0.2) is 17.6 Å². The molecule has 1 atom stereocenters. The first-order valence-corrected chi connectivity index (χ1v) is 6.65. The van der Waals surface area contributed by atoms with E-state index in [4.69, 9.17) is 0 Å². The van der Waals surface area contributed by atoms with Crippen molar-refractivity contribution in [1.82, 2.24) is 4.90 Å². The Kier molecular flexibility index (Phi) is 3.43. The third-order valence-electron chi connectivity index (χ3n) is 3.80. The zero-order valence-corrected chi connectivity index (χ0v) is 11.7. The lowest BCUT2D eigenvalue weighted by Gasteiger charge is -2.22. The first-order chi connectivity index (χ1) is 10.9. The van der Waals surface area contributed by atoms with E-state index in [2.05, 4.69) is 0 Å².